The molecule has 7 heteroatoms. The van der Waals surface area contributed by atoms with Gasteiger partial charge in [-0.15, -0.1) is 0 Å². The second-order valence-corrected chi connectivity index (χ2v) is 8.68. The molecule has 3 N–H and O–H groups in total. The number of hydrogen-bond donors (Lipinski definition) is 3. The van der Waals surface area contributed by atoms with Crippen LogP contribution in [0.4, 0.5) is 4.39 Å². The Kier molecular flexibility index (Phi) is 7.10. The molecule has 0 saturated heterocycles. The van der Waals surface area contributed by atoms with E-state index in [-0.39, 0.29) is 17.5 Å². The van der Waals surface area contributed by atoms with Crippen LogP contribution in [0.3, 0.4) is 0 Å². The lowest BCUT2D eigenvalue weighted by atomic mass is 9.82. The fraction of sp³-hybridized carbons (Fsp3) is 0.138. The van der Waals surface area contributed by atoms with Crippen molar-refractivity contribution in [2.24, 2.45) is 5.16 Å². The zero-order valence-corrected chi connectivity index (χ0v) is 19.8. The molecule has 0 radical (unpaired) electrons. The average molecular weight is 485 g/mol. The van der Waals surface area contributed by atoms with Crippen molar-refractivity contribution >= 4 is 11.7 Å². The molecule has 1 aromatic heterocycles. The maximum atomic E-state index is 15.6. The van der Waals surface area contributed by atoms with Crippen LogP contribution >= 0.6 is 0 Å². The van der Waals surface area contributed by atoms with E-state index in [0.29, 0.717) is 33.5 Å². The molecule has 0 aliphatic rings. The summed E-state index contributed by atoms with van der Waals surface area (Å²) in [7, 11) is 0. The lowest BCUT2D eigenvalue weighted by Gasteiger charge is -2.22. The van der Waals surface area contributed by atoms with E-state index in [1.807, 2.05) is 31.2 Å². The molecule has 0 amide bonds. The molecule has 4 rings (SSSR count). The standard InChI is InChI=1S/C29H25FN2O4/c1-17-5-3-4-6-23(17)25(15-27(32-36)22-13-18(2)28(33)31-16-22)24-12-11-21(14-26(24)30)19-7-9-20(10-8-19)29(34)35/h3-14,16,25,36H,15H2,1-2H3,(H,31,33)(H,34,35)/b32-27+. The molecular weight excluding hydrogens is 459 g/mol. The van der Waals surface area contributed by atoms with Gasteiger partial charge in [0.15, 0.2) is 0 Å². The topological polar surface area (TPSA) is 103 Å². The molecule has 1 heterocycles. The zero-order valence-electron chi connectivity index (χ0n) is 19.8. The maximum Gasteiger partial charge on any atom is 0.335 e. The van der Waals surface area contributed by atoms with E-state index in [9.17, 15) is 14.8 Å². The minimum Gasteiger partial charge on any atom is -0.478 e. The van der Waals surface area contributed by atoms with Crippen LogP contribution in [0.1, 0.15) is 50.5 Å². The third kappa shape index (κ3) is 5.10. The number of nitrogens with zero attached hydrogens (tertiary/aromatic N) is 1. The van der Waals surface area contributed by atoms with Crippen LogP contribution in [-0.2, 0) is 0 Å². The summed E-state index contributed by atoms with van der Waals surface area (Å²) in [5, 5.41) is 22.4. The fourth-order valence-corrected chi connectivity index (χ4v) is 4.33. The lowest BCUT2D eigenvalue weighted by Crippen LogP contribution is -2.16. The third-order valence-electron chi connectivity index (χ3n) is 6.35. The summed E-state index contributed by atoms with van der Waals surface area (Å²) >= 11 is 0. The largest absolute Gasteiger partial charge is 0.478 e. The van der Waals surface area contributed by atoms with E-state index in [1.54, 1.807) is 37.3 Å². The van der Waals surface area contributed by atoms with Crippen molar-refractivity contribution in [3.05, 3.63) is 129 Å². The number of H-pyrrole nitrogens is 1. The van der Waals surface area contributed by atoms with Crippen molar-refractivity contribution in [3.8, 4) is 11.1 Å². The van der Waals surface area contributed by atoms with Gasteiger partial charge in [-0.2, -0.15) is 0 Å². The lowest BCUT2D eigenvalue weighted by molar-refractivity contribution is 0.0697. The summed E-state index contributed by atoms with van der Waals surface area (Å²) < 4.78 is 15.6. The van der Waals surface area contributed by atoms with Crippen molar-refractivity contribution in [1.29, 1.82) is 0 Å². The number of carboxylic acids is 1. The Bertz CT molecular complexity index is 1510. The van der Waals surface area contributed by atoms with Crippen LogP contribution in [0.5, 0.6) is 0 Å². The number of hydrogen-bond acceptors (Lipinski definition) is 4. The first-order chi connectivity index (χ1) is 17.3. The fourth-order valence-electron chi connectivity index (χ4n) is 4.33. The molecule has 1 atom stereocenters. The molecule has 4 aromatic rings. The predicted octanol–water partition coefficient (Wildman–Crippen LogP) is 5.90. The number of nitrogens with one attached hydrogen (secondary N) is 1. The van der Waals surface area contributed by atoms with E-state index < -0.39 is 17.7 Å². The highest BCUT2D eigenvalue weighted by Gasteiger charge is 2.24. The van der Waals surface area contributed by atoms with Gasteiger partial charge in [0.2, 0.25) is 0 Å². The number of carbonyl (C=O) groups is 1. The summed E-state index contributed by atoms with van der Waals surface area (Å²) in [5.74, 6) is -1.92. The average Bonchev–Trinajstić information content (AvgIpc) is 2.87. The molecule has 1 unspecified atom stereocenters. The van der Waals surface area contributed by atoms with Crippen LogP contribution in [0.2, 0.25) is 0 Å². The highest BCUT2D eigenvalue weighted by atomic mass is 19.1. The van der Waals surface area contributed by atoms with Gasteiger partial charge in [0.05, 0.1) is 11.3 Å². The van der Waals surface area contributed by atoms with Gasteiger partial charge >= 0.3 is 5.97 Å². The maximum absolute atomic E-state index is 15.6. The number of aromatic nitrogens is 1. The number of halogens is 1. The molecule has 0 aliphatic heterocycles. The number of oxime groups is 1. The number of aromatic carboxylic acids is 1. The molecular formula is C29H25FN2O4. The molecule has 0 aliphatic carbocycles. The number of aryl methyl sites for hydroxylation is 2. The Labute approximate surface area is 207 Å². The van der Waals surface area contributed by atoms with Crippen LogP contribution < -0.4 is 5.56 Å². The number of benzene rings is 3. The van der Waals surface area contributed by atoms with E-state index >= 15 is 4.39 Å². The van der Waals surface area contributed by atoms with Gasteiger partial charge in [0.25, 0.3) is 5.56 Å². The van der Waals surface area contributed by atoms with E-state index in [0.717, 1.165) is 11.1 Å². The molecule has 36 heavy (non-hydrogen) atoms. The monoisotopic (exact) mass is 484 g/mol. The van der Waals surface area contributed by atoms with Gasteiger partial charge in [-0.3, -0.25) is 4.79 Å². The van der Waals surface area contributed by atoms with Crippen molar-refractivity contribution in [1.82, 2.24) is 4.98 Å². The Morgan fingerprint density at radius 2 is 1.61 bits per heavy atom. The van der Waals surface area contributed by atoms with Crippen LogP contribution in [0, 0.1) is 19.7 Å². The number of aromatic amines is 1. The number of pyridine rings is 1. The normalized spacial score (nSPS) is 12.4. The van der Waals surface area contributed by atoms with Crippen molar-refractivity contribution < 1.29 is 19.5 Å². The first kappa shape index (κ1) is 24.6. The van der Waals surface area contributed by atoms with Crippen molar-refractivity contribution in [2.75, 3.05) is 0 Å². The second-order valence-electron chi connectivity index (χ2n) is 8.68. The summed E-state index contributed by atoms with van der Waals surface area (Å²) in [5.41, 5.74) is 4.85. The molecule has 182 valence electrons. The minimum atomic E-state index is -1.02. The zero-order chi connectivity index (χ0) is 25.8. The molecule has 0 fully saturated rings. The summed E-state index contributed by atoms with van der Waals surface area (Å²) in [6.07, 6.45) is 1.68. The Morgan fingerprint density at radius 1 is 0.917 bits per heavy atom. The van der Waals surface area contributed by atoms with E-state index in [4.69, 9.17) is 5.11 Å². The van der Waals surface area contributed by atoms with Crippen LogP contribution in [0.15, 0.2) is 88.9 Å². The first-order valence-electron chi connectivity index (χ1n) is 11.4. The van der Waals surface area contributed by atoms with Crippen LogP contribution in [-0.4, -0.2) is 27.0 Å². The van der Waals surface area contributed by atoms with Gasteiger partial charge in [0.1, 0.15) is 5.82 Å². The van der Waals surface area contributed by atoms with Crippen LogP contribution in [0.25, 0.3) is 11.1 Å². The SMILES string of the molecule is Cc1ccccc1C(C/C(=N\O)c1c[nH]c(=O)c(C)c1)c1ccc(-c2ccc(C(=O)O)cc2)cc1F. The van der Waals surface area contributed by atoms with E-state index in [2.05, 4.69) is 10.1 Å². The molecule has 0 spiro atoms. The molecule has 6 nitrogen and oxygen atoms in total. The number of carboxylic acid groups (broad SMARTS) is 1. The first-order valence-corrected chi connectivity index (χ1v) is 11.4. The second kappa shape index (κ2) is 10.4. The molecule has 3 aromatic carbocycles. The smallest absolute Gasteiger partial charge is 0.335 e. The predicted molar refractivity (Wildman–Crippen MR) is 137 cm³/mol. The van der Waals surface area contributed by atoms with Gasteiger partial charge in [-0.05, 0) is 65.9 Å². The van der Waals surface area contributed by atoms with Gasteiger partial charge < -0.3 is 15.3 Å². The summed E-state index contributed by atoms with van der Waals surface area (Å²) in [6.45, 7) is 3.61. The Morgan fingerprint density at radius 3 is 2.22 bits per heavy atom. The molecule has 0 bridgehead atoms. The van der Waals surface area contributed by atoms with E-state index in [1.165, 1.54) is 24.4 Å². The van der Waals surface area contributed by atoms with Gasteiger partial charge in [-0.1, -0.05) is 53.7 Å². The molecule has 0 saturated carbocycles. The summed E-state index contributed by atoms with van der Waals surface area (Å²) in [6, 6.07) is 20.5. The van der Waals surface area contributed by atoms with Crippen molar-refractivity contribution in [2.45, 2.75) is 26.2 Å². The summed E-state index contributed by atoms with van der Waals surface area (Å²) in [4.78, 5) is 25.6. The van der Waals surface area contributed by atoms with Gasteiger partial charge in [0, 0.05) is 29.7 Å². The quantitative estimate of drug-likeness (QED) is 0.173. The van der Waals surface area contributed by atoms with Crippen molar-refractivity contribution in [3.63, 3.8) is 0 Å². The Hall–Kier alpha value is -4.52. The minimum absolute atomic E-state index is 0.156. The Balaban J connectivity index is 1.75. The third-order valence-corrected chi connectivity index (χ3v) is 6.35. The highest BCUT2D eigenvalue weighted by Crippen LogP contribution is 2.35. The van der Waals surface area contributed by atoms with Gasteiger partial charge in [-0.25, -0.2) is 9.18 Å². The highest BCUT2D eigenvalue weighted by molar-refractivity contribution is 6.00. The number of rotatable bonds is 7.